The van der Waals surface area contributed by atoms with Gasteiger partial charge in [0.05, 0.1) is 6.54 Å². The minimum Gasteiger partial charge on any atom is -0.399 e. The molecule has 3 N–H and O–H groups in total. The number of benzene rings is 1. The summed E-state index contributed by atoms with van der Waals surface area (Å²) in [5.74, 6) is 0.128. The van der Waals surface area contributed by atoms with Crippen LogP contribution in [0, 0.1) is 0 Å². The van der Waals surface area contributed by atoms with Gasteiger partial charge in [-0.3, -0.25) is 9.69 Å². The summed E-state index contributed by atoms with van der Waals surface area (Å²) in [5.41, 5.74) is 7.67. The zero-order valence-corrected chi connectivity index (χ0v) is 10.9. The second-order valence-corrected chi connectivity index (χ2v) is 4.89. The molecule has 4 nitrogen and oxygen atoms in total. The zero-order valence-electron chi connectivity index (χ0n) is 10.9. The summed E-state index contributed by atoms with van der Waals surface area (Å²) in [6, 6.07) is 8.25. The van der Waals surface area contributed by atoms with Gasteiger partial charge < -0.3 is 11.1 Å². The van der Waals surface area contributed by atoms with Gasteiger partial charge in [-0.05, 0) is 37.1 Å². The van der Waals surface area contributed by atoms with Gasteiger partial charge in [0.15, 0.2) is 0 Å². The van der Waals surface area contributed by atoms with Crippen molar-refractivity contribution in [3.63, 3.8) is 0 Å². The number of likely N-dealkylation sites (N-methyl/N-ethyl adjacent to an activating group) is 1. The van der Waals surface area contributed by atoms with Crippen molar-refractivity contribution in [3.05, 3.63) is 29.8 Å². The van der Waals surface area contributed by atoms with Crippen molar-refractivity contribution < 1.29 is 4.79 Å². The van der Waals surface area contributed by atoms with Gasteiger partial charge >= 0.3 is 0 Å². The number of hydrogen-bond donors (Lipinski definition) is 2. The molecule has 0 heterocycles. The Labute approximate surface area is 108 Å². The normalized spacial score (nSPS) is 14.8. The summed E-state index contributed by atoms with van der Waals surface area (Å²) in [6.45, 7) is 4.14. The Morgan fingerprint density at radius 1 is 1.50 bits per heavy atom. The number of hydrogen-bond acceptors (Lipinski definition) is 3. The van der Waals surface area contributed by atoms with Gasteiger partial charge in [0.1, 0.15) is 0 Å². The first-order valence-electron chi connectivity index (χ1n) is 6.53. The fourth-order valence-corrected chi connectivity index (χ4v) is 1.93. The number of nitrogens with one attached hydrogen (secondary N) is 1. The van der Waals surface area contributed by atoms with Crippen LogP contribution < -0.4 is 11.1 Å². The monoisotopic (exact) mass is 247 g/mol. The smallest absolute Gasteiger partial charge is 0.234 e. The van der Waals surface area contributed by atoms with E-state index in [4.69, 9.17) is 5.73 Å². The molecule has 0 aliphatic heterocycles. The largest absolute Gasteiger partial charge is 0.399 e. The number of anilines is 1. The molecule has 0 radical (unpaired) electrons. The predicted molar refractivity (Wildman–Crippen MR) is 73.0 cm³/mol. The maximum atomic E-state index is 11.7. The zero-order chi connectivity index (χ0) is 13.0. The van der Waals surface area contributed by atoms with E-state index in [0.717, 1.165) is 37.2 Å². The molecule has 4 heteroatoms. The maximum Gasteiger partial charge on any atom is 0.234 e. The highest BCUT2D eigenvalue weighted by Gasteiger charge is 2.23. The predicted octanol–water partition coefficient (Wildman–Crippen LogP) is 1.37. The van der Waals surface area contributed by atoms with E-state index < -0.39 is 0 Å². The van der Waals surface area contributed by atoms with Crippen LogP contribution in [0.3, 0.4) is 0 Å². The molecule has 0 atom stereocenters. The lowest BCUT2D eigenvalue weighted by Crippen LogP contribution is -2.37. The average Bonchev–Trinajstić information content (AvgIpc) is 3.12. The first-order chi connectivity index (χ1) is 8.67. The number of nitrogens with zero attached hydrogens (tertiary/aromatic N) is 1. The molecule has 0 saturated heterocycles. The van der Waals surface area contributed by atoms with Crippen LogP contribution in [0.4, 0.5) is 5.69 Å². The number of rotatable bonds is 6. The van der Waals surface area contributed by atoms with Crippen LogP contribution in [0.2, 0.25) is 0 Å². The van der Waals surface area contributed by atoms with Crippen LogP contribution in [-0.2, 0) is 11.3 Å². The van der Waals surface area contributed by atoms with E-state index in [0.29, 0.717) is 12.6 Å². The van der Waals surface area contributed by atoms with Crippen LogP contribution in [0.1, 0.15) is 25.3 Å². The van der Waals surface area contributed by atoms with Crippen LogP contribution in [-0.4, -0.2) is 29.9 Å². The number of carbonyl (C=O) groups is 1. The minimum absolute atomic E-state index is 0.128. The van der Waals surface area contributed by atoms with Crippen molar-refractivity contribution in [1.82, 2.24) is 10.2 Å². The van der Waals surface area contributed by atoms with Crippen molar-refractivity contribution in [1.29, 1.82) is 0 Å². The topological polar surface area (TPSA) is 58.4 Å². The van der Waals surface area contributed by atoms with E-state index in [1.165, 1.54) is 0 Å². The van der Waals surface area contributed by atoms with E-state index in [2.05, 4.69) is 17.1 Å². The second-order valence-electron chi connectivity index (χ2n) is 4.89. The van der Waals surface area contributed by atoms with E-state index in [9.17, 15) is 4.79 Å². The second kappa shape index (κ2) is 5.87. The third-order valence-corrected chi connectivity index (χ3v) is 3.11. The molecule has 1 aromatic carbocycles. The Balaban J connectivity index is 1.85. The highest BCUT2D eigenvalue weighted by molar-refractivity contribution is 5.78. The van der Waals surface area contributed by atoms with Crippen LogP contribution in [0.5, 0.6) is 0 Å². The van der Waals surface area contributed by atoms with Crippen molar-refractivity contribution in [2.45, 2.75) is 32.4 Å². The van der Waals surface area contributed by atoms with Crippen LogP contribution in [0.25, 0.3) is 0 Å². The van der Waals surface area contributed by atoms with Crippen molar-refractivity contribution in [2.75, 3.05) is 18.8 Å². The Bertz CT molecular complexity index is 415. The molecule has 2 rings (SSSR count). The lowest BCUT2D eigenvalue weighted by molar-refractivity contribution is -0.122. The molecule has 18 heavy (non-hydrogen) atoms. The van der Waals surface area contributed by atoms with Gasteiger partial charge in [0.25, 0.3) is 0 Å². The molecule has 1 amide bonds. The fourth-order valence-electron chi connectivity index (χ4n) is 1.93. The first-order valence-corrected chi connectivity index (χ1v) is 6.53. The lowest BCUT2D eigenvalue weighted by Gasteiger charge is -2.20. The third kappa shape index (κ3) is 4.04. The Hall–Kier alpha value is -1.55. The Kier molecular flexibility index (Phi) is 4.20. The van der Waals surface area contributed by atoms with Crippen molar-refractivity contribution in [2.24, 2.45) is 0 Å². The summed E-state index contributed by atoms with van der Waals surface area (Å²) >= 11 is 0. The van der Waals surface area contributed by atoms with Crippen LogP contribution >= 0.6 is 0 Å². The van der Waals surface area contributed by atoms with Crippen molar-refractivity contribution in [3.8, 4) is 0 Å². The van der Waals surface area contributed by atoms with Gasteiger partial charge in [-0.1, -0.05) is 19.1 Å². The highest BCUT2D eigenvalue weighted by Crippen LogP contribution is 2.18. The summed E-state index contributed by atoms with van der Waals surface area (Å²) < 4.78 is 0. The third-order valence-electron chi connectivity index (χ3n) is 3.11. The number of nitrogen functional groups attached to an aromatic ring is 1. The van der Waals surface area contributed by atoms with Crippen molar-refractivity contribution >= 4 is 11.6 Å². The summed E-state index contributed by atoms with van der Waals surface area (Å²) in [7, 11) is 0. The fraction of sp³-hybridized carbons (Fsp3) is 0.500. The van der Waals surface area contributed by atoms with E-state index >= 15 is 0 Å². The molecule has 1 fully saturated rings. The van der Waals surface area contributed by atoms with E-state index in [-0.39, 0.29) is 5.91 Å². The summed E-state index contributed by atoms with van der Waals surface area (Å²) in [6.07, 6.45) is 2.26. The molecule has 98 valence electrons. The SMILES string of the molecule is CCN(CC(=O)NC1CC1)Cc1cccc(N)c1. The summed E-state index contributed by atoms with van der Waals surface area (Å²) in [4.78, 5) is 13.9. The van der Waals surface area contributed by atoms with E-state index in [1.54, 1.807) is 0 Å². The molecule has 0 aromatic heterocycles. The summed E-state index contributed by atoms with van der Waals surface area (Å²) in [5, 5.41) is 3.01. The average molecular weight is 247 g/mol. The molecule has 1 aromatic rings. The molecule has 1 saturated carbocycles. The molecular weight excluding hydrogens is 226 g/mol. The Morgan fingerprint density at radius 2 is 2.28 bits per heavy atom. The van der Waals surface area contributed by atoms with Gasteiger partial charge in [-0.15, -0.1) is 0 Å². The van der Waals surface area contributed by atoms with Gasteiger partial charge in [0, 0.05) is 18.3 Å². The molecule has 1 aliphatic carbocycles. The Morgan fingerprint density at radius 3 is 2.89 bits per heavy atom. The van der Waals surface area contributed by atoms with E-state index in [1.807, 2.05) is 24.3 Å². The quantitative estimate of drug-likeness (QED) is 0.746. The lowest BCUT2D eigenvalue weighted by atomic mass is 10.2. The van der Waals surface area contributed by atoms with Gasteiger partial charge in [0.2, 0.25) is 5.91 Å². The molecule has 0 unspecified atom stereocenters. The highest BCUT2D eigenvalue weighted by atomic mass is 16.2. The molecular formula is C14H21N3O. The minimum atomic E-state index is 0.128. The molecule has 1 aliphatic rings. The van der Waals surface area contributed by atoms with Gasteiger partial charge in [-0.25, -0.2) is 0 Å². The molecule has 0 bridgehead atoms. The number of carbonyl (C=O) groups excluding carboxylic acids is 1. The standard InChI is InChI=1S/C14H21N3O/c1-2-17(10-14(18)16-13-6-7-13)9-11-4-3-5-12(15)8-11/h3-5,8,13H,2,6-7,9-10,15H2,1H3,(H,16,18). The number of nitrogens with two attached hydrogens (primary N) is 1. The number of amides is 1. The molecule has 0 spiro atoms. The maximum absolute atomic E-state index is 11.7. The first kappa shape index (κ1) is 12.9. The van der Waals surface area contributed by atoms with Crippen LogP contribution in [0.15, 0.2) is 24.3 Å². The van der Waals surface area contributed by atoms with Gasteiger partial charge in [-0.2, -0.15) is 0 Å².